The summed E-state index contributed by atoms with van der Waals surface area (Å²) in [6, 6.07) is 29.9. The van der Waals surface area contributed by atoms with Gasteiger partial charge < -0.3 is 19.6 Å². The summed E-state index contributed by atoms with van der Waals surface area (Å²) in [5.41, 5.74) is 5.08. The van der Waals surface area contributed by atoms with Crippen molar-refractivity contribution in [3.8, 4) is 0 Å². The number of benzene rings is 10. The zero-order valence-electron chi connectivity index (χ0n) is 82.5. The van der Waals surface area contributed by atoms with Crippen LogP contribution in [0.15, 0.2) is 182 Å². The maximum absolute atomic E-state index is 11.8. The van der Waals surface area contributed by atoms with Crippen molar-refractivity contribution in [3.63, 3.8) is 0 Å². The summed E-state index contributed by atoms with van der Waals surface area (Å²) in [6.07, 6.45) is 3.45. The minimum atomic E-state index is -3.25. The van der Waals surface area contributed by atoms with Crippen LogP contribution in [0.25, 0.3) is 30.9 Å². The van der Waals surface area contributed by atoms with Crippen molar-refractivity contribution in [1.29, 1.82) is 0 Å². The first-order valence-electron chi connectivity index (χ1n) is 46.6. The summed E-state index contributed by atoms with van der Waals surface area (Å²) >= 11 is 2.23. The van der Waals surface area contributed by atoms with E-state index in [1.165, 1.54) is 6.92 Å². The molecule has 0 bridgehead atoms. The number of thiophene rings is 2. The fraction of sp³-hybridized carbons (Fsp3) is 0.340. The van der Waals surface area contributed by atoms with Gasteiger partial charge >= 0.3 is 0 Å². The Morgan fingerprint density at radius 2 is 0.696 bits per heavy atom. The molecular weight excluding hydrogens is 1270 g/mol. The summed E-state index contributed by atoms with van der Waals surface area (Å²) in [6.45, 7) is 22.9. The van der Waals surface area contributed by atoms with E-state index in [0.29, 0.717) is 71.5 Å². The van der Waals surface area contributed by atoms with E-state index in [9.17, 15) is 28.8 Å². The van der Waals surface area contributed by atoms with Gasteiger partial charge in [-0.15, -0.1) is 22.7 Å². The van der Waals surface area contributed by atoms with Gasteiger partial charge in [0.05, 0.1) is 26.5 Å². The average Bonchev–Trinajstić information content (AvgIpc) is 1.66. The Morgan fingerprint density at radius 1 is 0.353 bits per heavy atom. The Hall–Kier alpha value is -8.29. The van der Waals surface area contributed by atoms with E-state index in [4.69, 9.17) is 0 Å². The first kappa shape index (κ1) is 46.4. The lowest BCUT2D eigenvalue weighted by Gasteiger charge is -2.46. The van der Waals surface area contributed by atoms with Crippen molar-refractivity contribution in [2.75, 3.05) is 19.6 Å². The van der Waals surface area contributed by atoms with Gasteiger partial charge in [-0.3, -0.25) is 0 Å². The predicted molar refractivity (Wildman–Crippen MR) is 448 cm³/mol. The van der Waals surface area contributed by atoms with E-state index < -0.39 is 97.3 Å². The van der Waals surface area contributed by atoms with Gasteiger partial charge in [-0.25, -0.2) is 0 Å². The highest BCUT2D eigenvalue weighted by Gasteiger charge is 2.50. The average molecular weight is 1390 g/mol. The first-order chi connectivity index (χ1) is 56.8. The Morgan fingerprint density at radius 3 is 1.07 bits per heavy atom. The van der Waals surface area contributed by atoms with E-state index in [-0.39, 0.29) is 123 Å². The van der Waals surface area contributed by atoms with Crippen molar-refractivity contribution in [2.24, 2.45) is 0 Å². The zero-order chi connectivity index (χ0) is 89.3. The van der Waals surface area contributed by atoms with Gasteiger partial charge in [0.15, 0.2) is 0 Å². The molecule has 4 nitrogen and oxygen atoms in total. The van der Waals surface area contributed by atoms with Crippen LogP contribution in [0.5, 0.6) is 0 Å². The summed E-state index contributed by atoms with van der Waals surface area (Å²) in [5.74, 6) is 0. The highest BCUT2D eigenvalue weighted by Crippen LogP contribution is 2.56. The van der Waals surface area contributed by atoms with Gasteiger partial charge in [-0.05, 0) is 265 Å². The quantitative estimate of drug-likeness (QED) is 0.163. The second-order valence-electron chi connectivity index (χ2n) is 35.2. The van der Waals surface area contributed by atoms with Crippen LogP contribution < -0.4 is 52.4 Å². The lowest BCUT2D eigenvalue weighted by Crippen LogP contribution is -2.61. The molecule has 512 valence electrons. The van der Waals surface area contributed by atoms with E-state index in [1.54, 1.807) is 30.9 Å². The molecule has 10 aromatic carbocycles. The molecule has 102 heavy (non-hydrogen) atoms. The normalized spacial score (nSPS) is 20.8. The predicted octanol–water partition coefficient (Wildman–Crippen LogP) is 23.3. The molecule has 12 aromatic rings. The van der Waals surface area contributed by atoms with Crippen LogP contribution in [0.4, 0.5) is 66.9 Å². The van der Waals surface area contributed by atoms with Crippen molar-refractivity contribution in [1.82, 2.24) is 0 Å². The summed E-state index contributed by atoms with van der Waals surface area (Å²) in [4.78, 5) is 7.60. The van der Waals surface area contributed by atoms with Crippen LogP contribution in [-0.2, 0) is 43.3 Å². The van der Waals surface area contributed by atoms with E-state index in [0.717, 1.165) is 81.7 Å². The maximum atomic E-state index is 11.8. The molecule has 0 saturated heterocycles. The topological polar surface area (TPSA) is 13.0 Å². The minimum absolute atomic E-state index is 0.0292. The number of fused-ring (bicyclic) bond motifs is 15. The molecule has 0 N–H and O–H groups in total. The lowest BCUT2D eigenvalue weighted by atomic mass is 9.33. The smallest absolute Gasteiger partial charge is 0.254 e. The second-order valence-corrected chi connectivity index (χ2v) is 37.2. The Balaban J connectivity index is 1.05. The molecule has 4 aliphatic heterocycles. The molecule has 0 unspecified atom stereocenters. The van der Waals surface area contributed by atoms with Crippen molar-refractivity contribution >= 4 is 167 Å². The Bertz CT molecular complexity index is 6660. The molecule has 2 aliphatic carbocycles. The first-order valence-corrected chi connectivity index (χ1v) is 37.7. The lowest BCUT2D eigenvalue weighted by molar-refractivity contribution is 0.332. The molecule has 18 rings (SSSR count). The van der Waals surface area contributed by atoms with Gasteiger partial charge in [0.25, 0.3) is 13.4 Å². The number of nitrogens with zero attached hydrogens (tertiary/aromatic N) is 4. The minimum Gasteiger partial charge on any atom is -0.311 e. The number of hydrogen-bond acceptors (Lipinski definition) is 6. The van der Waals surface area contributed by atoms with E-state index >= 15 is 0 Å². The second kappa shape index (κ2) is 21.7. The molecule has 0 saturated carbocycles. The Kier molecular flexibility index (Phi) is 9.86. The highest BCUT2D eigenvalue weighted by molar-refractivity contribution is 7.27. The summed E-state index contributed by atoms with van der Waals surface area (Å²) < 4.78 is 211. The number of rotatable bonds is 4. The van der Waals surface area contributed by atoms with Gasteiger partial charge in [-0.1, -0.05) is 223 Å². The number of hydrogen-bond donors (Lipinski definition) is 0. The molecule has 0 atom stereocenters. The third-order valence-electron chi connectivity index (χ3n) is 23.8. The van der Waals surface area contributed by atoms with Gasteiger partial charge in [0.2, 0.25) is 0 Å². The fourth-order valence-corrected chi connectivity index (χ4v) is 20.0. The van der Waals surface area contributed by atoms with Crippen LogP contribution in [-0.4, -0.2) is 13.4 Å². The van der Waals surface area contributed by atoms with Crippen molar-refractivity contribution in [2.45, 2.75) is 207 Å². The fourth-order valence-electron chi connectivity index (χ4n) is 17.6. The van der Waals surface area contributed by atoms with Crippen LogP contribution in [0, 0.1) is 0 Å². The monoisotopic (exact) mass is 1390 g/mol. The summed E-state index contributed by atoms with van der Waals surface area (Å²) in [5, 5.41) is 0.657. The van der Waals surface area contributed by atoms with Gasteiger partial charge in [0.1, 0.15) is 0 Å². The standard InChI is InChI=1S/C94H98B2N4S2/c1-87(2,3)57-29-33-61(34-30-57)97-73-47-55-46-72-74(48-56(55)45-71(73)95-81-65-25-21-23-27-79(65)101-85(81)99(77-51-59(89(7,8)9)49-75(97)83(77)95)63-37-39-67-69(53-63)93(17,18)43-41-91(67,13)14)98(62-35-31-58(32-36-62)88(4,5)6)76-50-60(90(10,11)12)52-78-84(76)96(72)82-66-26-22-24-28-80(66)102-86(82)100(78)64-38-40-68-70(54-64)94(19,20)44-42-92(68,15)16/h21-40,45-54H,41-44H2,1-20H3/i7D3,8D3,10D3,21D,22D,23D,24D,25D,26D,27D,28D,45D,46D,47D,48D. The molecular formula is C94H98B2N4S2. The molecule has 0 radical (unpaired) electrons. The largest absolute Gasteiger partial charge is 0.311 e. The Labute approximate surface area is 645 Å². The molecule has 6 aliphatic rings. The van der Waals surface area contributed by atoms with E-state index in [2.05, 4.69) is 126 Å². The van der Waals surface area contributed by atoms with Crippen LogP contribution in [0.1, 0.15) is 237 Å². The molecule has 6 heterocycles. The van der Waals surface area contributed by atoms with E-state index in [1.807, 2.05) is 82.6 Å². The molecule has 0 spiro atoms. The molecule has 2 aromatic heterocycles. The molecule has 0 fully saturated rings. The molecule has 0 amide bonds. The zero-order valence-corrected chi connectivity index (χ0v) is 63.1. The number of anilines is 12. The highest BCUT2D eigenvalue weighted by atomic mass is 32.1. The van der Waals surface area contributed by atoms with Crippen molar-refractivity contribution < 1.29 is 28.8 Å². The van der Waals surface area contributed by atoms with Crippen molar-refractivity contribution in [3.05, 3.63) is 226 Å². The van der Waals surface area contributed by atoms with Gasteiger partial charge in [-0.2, -0.15) is 0 Å². The third kappa shape index (κ3) is 9.78. The maximum Gasteiger partial charge on any atom is 0.254 e. The van der Waals surface area contributed by atoms with Crippen LogP contribution >= 0.6 is 22.7 Å². The summed E-state index contributed by atoms with van der Waals surface area (Å²) in [7, 11) is 0. The third-order valence-corrected chi connectivity index (χ3v) is 26.0. The van der Waals surface area contributed by atoms with Crippen LogP contribution in [0.3, 0.4) is 0 Å². The molecule has 8 heteroatoms. The van der Waals surface area contributed by atoms with Gasteiger partial charge in [0, 0.05) is 78.6 Å². The van der Waals surface area contributed by atoms with Crippen LogP contribution in [0.2, 0.25) is 0 Å². The SMILES string of the molecule is [2H]c1c([2H])c([2H])c2c3c(sc2c1[2H])N(c1ccc2c(c1)C(C)(C)CCC2(C)C)c1cc(C(C)(C([2H])([2H])[2H])C([2H])([2H])[2H])cc2c1B3c1c(c([2H])c3c([2H])c4c(c([2H])c3c1[2H])N(c1ccc(C(C)(C)C)cc1)c1cc(C(C)(C)C([2H])([2H])[2H])cc3c1B4c1c(sc4c([2H])c([2H])c([2H])c([2H])c14)N3c1ccc3c(c1)C(C)(C)CCC3(C)C)N2c1ccc(C(C)(C)C)cc1.